The number of hydrogen-bond donors (Lipinski definition) is 2. The van der Waals surface area contributed by atoms with E-state index in [2.05, 4.69) is 63.2 Å². The van der Waals surface area contributed by atoms with Crippen molar-refractivity contribution in [2.24, 2.45) is 12.5 Å². The smallest absolute Gasteiger partial charge is 0.222 e. The molecule has 1 aliphatic heterocycles. The van der Waals surface area contributed by atoms with Gasteiger partial charge in [0.05, 0.1) is 25.5 Å². The number of carbonyl (C=O) groups is 1. The summed E-state index contributed by atoms with van der Waals surface area (Å²) < 4.78 is 15.4. The van der Waals surface area contributed by atoms with Crippen LogP contribution in [-0.4, -0.2) is 48.4 Å². The minimum atomic E-state index is -0.246. The number of carbonyl (C=O) groups excluding carboxylic acids is 1. The number of aryl methyl sites for hydroxylation is 1. The van der Waals surface area contributed by atoms with E-state index in [-0.39, 0.29) is 22.6 Å². The van der Waals surface area contributed by atoms with E-state index in [0.29, 0.717) is 46.0 Å². The number of hydrogen-bond acceptors (Lipinski definition) is 9. The average Bonchev–Trinajstić information content (AvgIpc) is 3.39. The minimum absolute atomic E-state index is 0.0906. The maximum atomic E-state index is 11.4. The van der Waals surface area contributed by atoms with Crippen molar-refractivity contribution in [3.05, 3.63) is 41.9 Å². The first-order chi connectivity index (χ1) is 19.0. The molecule has 1 saturated heterocycles. The third-order valence-electron chi connectivity index (χ3n) is 7.48. The third-order valence-corrected chi connectivity index (χ3v) is 7.48. The second kappa shape index (κ2) is 9.31. The molecule has 0 bridgehead atoms. The molecule has 1 aliphatic carbocycles. The fourth-order valence-corrected chi connectivity index (χ4v) is 5.45. The summed E-state index contributed by atoms with van der Waals surface area (Å²) in [5, 5.41) is 21.0. The molecule has 4 aromatic heterocycles. The van der Waals surface area contributed by atoms with Crippen LogP contribution in [0.25, 0.3) is 11.2 Å². The van der Waals surface area contributed by atoms with E-state index in [1.807, 2.05) is 7.05 Å². The summed E-state index contributed by atoms with van der Waals surface area (Å²) in [5.41, 5.74) is 2.61. The number of amides is 1. The van der Waals surface area contributed by atoms with Gasteiger partial charge in [0.1, 0.15) is 28.7 Å². The lowest BCUT2D eigenvalue weighted by Gasteiger charge is -2.53. The lowest BCUT2D eigenvalue weighted by atomic mass is 9.64. The van der Waals surface area contributed by atoms with Gasteiger partial charge in [-0.1, -0.05) is 20.8 Å². The van der Waals surface area contributed by atoms with Gasteiger partial charge in [-0.25, -0.2) is 9.97 Å². The Kier molecular flexibility index (Phi) is 5.99. The summed E-state index contributed by atoms with van der Waals surface area (Å²) in [6.45, 7) is 9.65. The standard InChI is InChI=1S/C28H31N9O3/c1-16(38)32-22-8-18(6-7-30-22)40-20-13-31-25-24(19(20)12-29)36(5)26(34-25)33-23-9-21(27(2,3)4)37(35-23)17-10-28(11-17)14-39-15-28/h6-9,13,17H,10-11,14-15H2,1-5H3,(H,30,32,38)(H,31,33,34,35). The molecular formula is C28H31N9O3. The molecule has 0 unspecified atom stereocenters. The first-order valence-electron chi connectivity index (χ1n) is 13.2. The Morgan fingerprint density at radius 1 is 1.23 bits per heavy atom. The van der Waals surface area contributed by atoms with Crippen LogP contribution in [0.2, 0.25) is 0 Å². The molecule has 2 aliphatic rings. The Morgan fingerprint density at radius 3 is 2.65 bits per heavy atom. The van der Waals surface area contributed by atoms with Gasteiger partial charge >= 0.3 is 0 Å². The monoisotopic (exact) mass is 541 g/mol. The van der Waals surface area contributed by atoms with E-state index in [0.717, 1.165) is 31.7 Å². The lowest BCUT2D eigenvalue weighted by Crippen LogP contribution is -2.53. The molecule has 5 heterocycles. The summed E-state index contributed by atoms with van der Waals surface area (Å²) in [4.78, 5) is 24.6. The van der Waals surface area contributed by atoms with Crippen molar-refractivity contribution in [2.45, 2.75) is 52.0 Å². The van der Waals surface area contributed by atoms with E-state index in [1.165, 1.54) is 19.3 Å². The van der Waals surface area contributed by atoms with Crippen molar-refractivity contribution in [1.82, 2.24) is 29.3 Å². The van der Waals surface area contributed by atoms with Crippen molar-refractivity contribution < 1.29 is 14.3 Å². The number of aromatic nitrogens is 6. The van der Waals surface area contributed by atoms with Crippen LogP contribution in [0.4, 0.5) is 17.6 Å². The fraction of sp³-hybridized carbons (Fsp3) is 0.429. The number of anilines is 3. The predicted molar refractivity (Wildman–Crippen MR) is 148 cm³/mol. The second-order valence-electron chi connectivity index (χ2n) is 11.7. The highest BCUT2D eigenvalue weighted by Crippen LogP contribution is 2.53. The molecule has 2 N–H and O–H groups in total. The first-order valence-corrected chi connectivity index (χ1v) is 13.2. The van der Waals surface area contributed by atoms with Crippen LogP contribution >= 0.6 is 0 Å². The molecule has 6 rings (SSSR count). The first kappa shape index (κ1) is 25.8. The number of pyridine rings is 2. The highest BCUT2D eigenvalue weighted by Gasteiger charge is 2.51. The Morgan fingerprint density at radius 2 is 2.00 bits per heavy atom. The summed E-state index contributed by atoms with van der Waals surface area (Å²) in [7, 11) is 1.82. The largest absolute Gasteiger partial charge is 0.454 e. The van der Waals surface area contributed by atoms with Crippen molar-refractivity contribution in [1.29, 1.82) is 5.26 Å². The maximum Gasteiger partial charge on any atom is 0.222 e. The van der Waals surface area contributed by atoms with Crippen molar-refractivity contribution in [3.8, 4) is 17.6 Å². The second-order valence-corrected chi connectivity index (χ2v) is 11.7. The van der Waals surface area contributed by atoms with E-state index in [1.54, 1.807) is 16.7 Å². The Balaban J connectivity index is 1.30. The Bertz CT molecular complexity index is 1660. The summed E-state index contributed by atoms with van der Waals surface area (Å²) in [6, 6.07) is 7.87. The number of rotatable bonds is 6. The number of imidazole rings is 1. The van der Waals surface area contributed by atoms with Crippen molar-refractivity contribution in [2.75, 3.05) is 23.8 Å². The molecule has 2 fully saturated rings. The molecule has 0 aromatic carbocycles. The number of nitrogens with zero attached hydrogens (tertiary/aromatic N) is 7. The highest BCUT2D eigenvalue weighted by molar-refractivity contribution is 5.88. The molecule has 0 atom stereocenters. The van der Waals surface area contributed by atoms with Gasteiger partial charge in [0.15, 0.2) is 17.2 Å². The van der Waals surface area contributed by atoms with Crippen molar-refractivity contribution >= 4 is 34.7 Å². The average molecular weight is 542 g/mol. The topological polar surface area (TPSA) is 145 Å². The van der Waals surface area contributed by atoms with Gasteiger partial charge in [0, 0.05) is 48.8 Å². The minimum Gasteiger partial charge on any atom is -0.454 e. The Hall–Kier alpha value is -4.50. The quantitative estimate of drug-likeness (QED) is 0.358. The molecule has 1 spiro atoms. The van der Waals surface area contributed by atoms with Gasteiger partial charge in [-0.15, -0.1) is 0 Å². The molecule has 12 nitrogen and oxygen atoms in total. The number of nitriles is 1. The highest BCUT2D eigenvalue weighted by atomic mass is 16.5. The van der Waals surface area contributed by atoms with Crippen molar-refractivity contribution in [3.63, 3.8) is 0 Å². The van der Waals surface area contributed by atoms with Crippen LogP contribution in [0.3, 0.4) is 0 Å². The van der Waals surface area contributed by atoms with E-state index in [9.17, 15) is 10.1 Å². The van der Waals surface area contributed by atoms with E-state index >= 15 is 0 Å². The fourth-order valence-electron chi connectivity index (χ4n) is 5.45. The number of ether oxygens (including phenoxy) is 2. The molecule has 206 valence electrons. The number of fused-ring (bicyclic) bond motifs is 1. The zero-order valence-electron chi connectivity index (χ0n) is 23.1. The molecule has 12 heteroatoms. The van der Waals surface area contributed by atoms with Crippen LogP contribution in [0.15, 0.2) is 30.6 Å². The van der Waals surface area contributed by atoms with E-state index < -0.39 is 0 Å². The number of nitrogens with one attached hydrogen (secondary N) is 2. The molecular weight excluding hydrogens is 510 g/mol. The lowest BCUT2D eigenvalue weighted by molar-refractivity contribution is -0.176. The van der Waals surface area contributed by atoms with Crippen LogP contribution < -0.4 is 15.4 Å². The molecule has 1 amide bonds. The summed E-state index contributed by atoms with van der Waals surface area (Å²) in [6.07, 6.45) is 5.13. The molecule has 1 saturated carbocycles. The predicted octanol–water partition coefficient (Wildman–Crippen LogP) is 4.57. The maximum absolute atomic E-state index is 11.4. The molecule has 40 heavy (non-hydrogen) atoms. The van der Waals surface area contributed by atoms with Gasteiger partial charge in [0.25, 0.3) is 0 Å². The van der Waals surface area contributed by atoms with Crippen LogP contribution in [0, 0.1) is 16.7 Å². The van der Waals surface area contributed by atoms with Crippen LogP contribution in [0.5, 0.6) is 11.5 Å². The summed E-state index contributed by atoms with van der Waals surface area (Å²) in [5.74, 6) is 1.97. The summed E-state index contributed by atoms with van der Waals surface area (Å²) >= 11 is 0. The molecule has 0 radical (unpaired) electrons. The third kappa shape index (κ3) is 4.52. The van der Waals surface area contributed by atoms with Crippen LogP contribution in [-0.2, 0) is 22.0 Å². The van der Waals surface area contributed by atoms with Gasteiger partial charge in [-0.05, 0) is 18.9 Å². The van der Waals surface area contributed by atoms with Gasteiger partial charge < -0.3 is 24.7 Å². The van der Waals surface area contributed by atoms with E-state index in [4.69, 9.17) is 14.6 Å². The molecule has 4 aromatic rings. The zero-order chi connectivity index (χ0) is 28.2. The van der Waals surface area contributed by atoms with Gasteiger partial charge in [-0.2, -0.15) is 15.3 Å². The Labute approximate surface area is 231 Å². The van der Waals surface area contributed by atoms with Gasteiger partial charge in [0.2, 0.25) is 11.9 Å². The van der Waals surface area contributed by atoms with Gasteiger partial charge in [-0.3, -0.25) is 9.48 Å². The zero-order valence-corrected chi connectivity index (χ0v) is 23.1. The normalized spacial score (nSPS) is 16.3. The van der Waals surface area contributed by atoms with Crippen LogP contribution in [0.1, 0.15) is 57.8 Å². The SMILES string of the molecule is CC(=O)Nc1cc(Oc2cnc3nc(Nc4cc(C(C)(C)C)n(C5CC6(COC6)C5)n4)n(C)c3c2C#N)ccn1.